The summed E-state index contributed by atoms with van der Waals surface area (Å²) in [5.41, 5.74) is 0.865. The lowest BCUT2D eigenvalue weighted by Crippen LogP contribution is -1.92. The Kier molecular flexibility index (Phi) is 1.96. The zero-order valence-electron chi connectivity index (χ0n) is 6.77. The fourth-order valence-electron chi connectivity index (χ4n) is 1.13. The predicted octanol–water partition coefficient (Wildman–Crippen LogP) is 2.15. The topological polar surface area (TPSA) is 47.9 Å². The third kappa shape index (κ3) is 1.51. The number of hydrogen-bond donors (Lipinski definition) is 0. The fraction of sp³-hybridized carbons (Fsp3) is 0.111. The molecular weight excluding hydrogens is 170 g/mol. The first-order valence-electron chi connectivity index (χ1n) is 3.79. The van der Waals surface area contributed by atoms with Crippen molar-refractivity contribution in [3.63, 3.8) is 0 Å². The van der Waals surface area contributed by atoms with E-state index in [1.807, 2.05) is 6.07 Å². The Morgan fingerprint density at radius 1 is 1.31 bits per heavy atom. The average Bonchev–Trinajstić information content (AvgIpc) is 2.61. The molecule has 0 amide bonds. The zero-order chi connectivity index (χ0) is 9.10. The normalized spacial score (nSPS) is 13.5. The molecule has 1 aromatic carbocycles. The minimum absolute atomic E-state index is 0.258. The summed E-state index contributed by atoms with van der Waals surface area (Å²) in [6.45, 7) is 0.258. The standard InChI is InChI=1S/C9H7NO3/c11-10-4-3-7-1-2-8-9(5-7)13-6-12-8/h1-5H,6H2/b4-3+. The molecular formula is C9H7NO3. The number of rotatable bonds is 2. The number of nitroso groups, excluding NO2 is 1. The second kappa shape index (κ2) is 3.26. The summed E-state index contributed by atoms with van der Waals surface area (Å²) in [6, 6.07) is 5.42. The molecule has 66 valence electrons. The van der Waals surface area contributed by atoms with Crippen LogP contribution in [-0.4, -0.2) is 6.79 Å². The van der Waals surface area contributed by atoms with E-state index >= 15 is 0 Å². The molecule has 0 aromatic heterocycles. The Bertz CT molecular complexity index is 360. The van der Waals surface area contributed by atoms with Crippen molar-refractivity contribution in [3.05, 3.63) is 34.9 Å². The van der Waals surface area contributed by atoms with Gasteiger partial charge in [0.2, 0.25) is 6.79 Å². The third-order valence-electron chi connectivity index (χ3n) is 1.72. The lowest BCUT2D eigenvalue weighted by molar-refractivity contribution is 0.174. The summed E-state index contributed by atoms with van der Waals surface area (Å²) in [5.74, 6) is 1.43. The molecule has 0 N–H and O–H groups in total. The van der Waals surface area contributed by atoms with Crippen molar-refractivity contribution < 1.29 is 9.47 Å². The second-order valence-corrected chi connectivity index (χ2v) is 2.53. The van der Waals surface area contributed by atoms with Gasteiger partial charge in [-0.15, -0.1) is 4.91 Å². The average molecular weight is 177 g/mol. The van der Waals surface area contributed by atoms with Gasteiger partial charge in [0.05, 0.1) is 6.20 Å². The van der Waals surface area contributed by atoms with Crippen LogP contribution < -0.4 is 9.47 Å². The Hall–Kier alpha value is -1.84. The summed E-state index contributed by atoms with van der Waals surface area (Å²) >= 11 is 0. The first-order valence-corrected chi connectivity index (χ1v) is 3.79. The quantitative estimate of drug-likeness (QED) is 0.650. The summed E-state index contributed by atoms with van der Waals surface area (Å²) < 4.78 is 10.3. The van der Waals surface area contributed by atoms with Crippen LogP contribution in [-0.2, 0) is 0 Å². The van der Waals surface area contributed by atoms with Crippen molar-refractivity contribution >= 4 is 6.08 Å². The van der Waals surface area contributed by atoms with Crippen molar-refractivity contribution in [2.45, 2.75) is 0 Å². The van der Waals surface area contributed by atoms with E-state index < -0.39 is 0 Å². The van der Waals surface area contributed by atoms with Crippen LogP contribution in [0.3, 0.4) is 0 Å². The lowest BCUT2D eigenvalue weighted by atomic mass is 10.2. The van der Waals surface area contributed by atoms with Crippen LogP contribution in [0.2, 0.25) is 0 Å². The van der Waals surface area contributed by atoms with Crippen LogP contribution in [0.5, 0.6) is 11.5 Å². The second-order valence-electron chi connectivity index (χ2n) is 2.53. The van der Waals surface area contributed by atoms with Gasteiger partial charge in [0.15, 0.2) is 11.5 Å². The van der Waals surface area contributed by atoms with Gasteiger partial charge in [-0.2, -0.15) is 0 Å². The number of nitrogens with zero attached hydrogens (tertiary/aromatic N) is 1. The van der Waals surface area contributed by atoms with Gasteiger partial charge in [0.25, 0.3) is 0 Å². The highest BCUT2D eigenvalue weighted by Crippen LogP contribution is 2.32. The third-order valence-corrected chi connectivity index (χ3v) is 1.72. The molecule has 0 saturated heterocycles. The minimum Gasteiger partial charge on any atom is -0.454 e. The highest BCUT2D eigenvalue weighted by atomic mass is 16.7. The molecule has 0 aliphatic carbocycles. The molecule has 2 rings (SSSR count). The molecule has 1 aliphatic heterocycles. The molecule has 0 atom stereocenters. The molecule has 0 fully saturated rings. The van der Waals surface area contributed by atoms with E-state index in [2.05, 4.69) is 5.18 Å². The van der Waals surface area contributed by atoms with Crippen LogP contribution in [0, 0.1) is 4.91 Å². The maximum absolute atomic E-state index is 9.82. The largest absolute Gasteiger partial charge is 0.454 e. The molecule has 0 bridgehead atoms. The monoisotopic (exact) mass is 177 g/mol. The zero-order valence-corrected chi connectivity index (χ0v) is 6.77. The van der Waals surface area contributed by atoms with Gasteiger partial charge in [0, 0.05) is 0 Å². The molecule has 4 heteroatoms. The van der Waals surface area contributed by atoms with E-state index in [0.717, 1.165) is 11.3 Å². The van der Waals surface area contributed by atoms with Crippen LogP contribution in [0.4, 0.5) is 0 Å². The van der Waals surface area contributed by atoms with Crippen molar-refractivity contribution in [3.8, 4) is 11.5 Å². The Morgan fingerprint density at radius 3 is 3.00 bits per heavy atom. The molecule has 4 nitrogen and oxygen atoms in total. The van der Waals surface area contributed by atoms with Gasteiger partial charge in [0.1, 0.15) is 0 Å². The SMILES string of the molecule is O=N/C=C/c1ccc2c(c1)OCO2. The molecule has 1 aliphatic rings. The first kappa shape index (κ1) is 7.79. The summed E-state index contributed by atoms with van der Waals surface area (Å²) in [6.07, 6.45) is 2.80. The highest BCUT2D eigenvalue weighted by molar-refractivity contribution is 5.56. The summed E-state index contributed by atoms with van der Waals surface area (Å²) in [7, 11) is 0. The lowest BCUT2D eigenvalue weighted by Gasteiger charge is -1.95. The van der Waals surface area contributed by atoms with Crippen LogP contribution in [0.25, 0.3) is 6.08 Å². The van der Waals surface area contributed by atoms with Gasteiger partial charge < -0.3 is 9.47 Å². The van der Waals surface area contributed by atoms with Crippen LogP contribution >= 0.6 is 0 Å². The van der Waals surface area contributed by atoms with Crippen molar-refractivity contribution in [1.29, 1.82) is 0 Å². The van der Waals surface area contributed by atoms with E-state index in [4.69, 9.17) is 9.47 Å². The van der Waals surface area contributed by atoms with Gasteiger partial charge >= 0.3 is 0 Å². The van der Waals surface area contributed by atoms with E-state index in [9.17, 15) is 4.91 Å². The van der Waals surface area contributed by atoms with E-state index in [1.165, 1.54) is 6.20 Å². The number of hydrogen-bond acceptors (Lipinski definition) is 4. The smallest absolute Gasteiger partial charge is 0.231 e. The molecule has 0 spiro atoms. The van der Waals surface area contributed by atoms with Crippen LogP contribution in [0.1, 0.15) is 5.56 Å². The Balaban J connectivity index is 2.30. The maximum atomic E-state index is 9.82. The number of ether oxygens (including phenoxy) is 2. The minimum atomic E-state index is 0.258. The molecule has 0 radical (unpaired) electrons. The predicted molar refractivity (Wildman–Crippen MR) is 47.4 cm³/mol. The van der Waals surface area contributed by atoms with Gasteiger partial charge in [-0.3, -0.25) is 0 Å². The van der Waals surface area contributed by atoms with Gasteiger partial charge in [-0.05, 0) is 28.9 Å². The van der Waals surface area contributed by atoms with E-state index in [-0.39, 0.29) is 6.79 Å². The summed E-state index contributed by atoms with van der Waals surface area (Å²) in [5, 5.41) is 2.62. The molecule has 0 unspecified atom stereocenters. The fourth-order valence-corrected chi connectivity index (χ4v) is 1.13. The van der Waals surface area contributed by atoms with Gasteiger partial charge in [-0.25, -0.2) is 0 Å². The summed E-state index contributed by atoms with van der Waals surface area (Å²) in [4.78, 5) is 9.82. The molecule has 13 heavy (non-hydrogen) atoms. The first-order chi connectivity index (χ1) is 6.40. The van der Waals surface area contributed by atoms with Crippen LogP contribution in [0.15, 0.2) is 29.6 Å². The number of fused-ring (bicyclic) bond motifs is 1. The van der Waals surface area contributed by atoms with Crippen molar-refractivity contribution in [2.24, 2.45) is 5.18 Å². The maximum Gasteiger partial charge on any atom is 0.231 e. The van der Waals surface area contributed by atoms with Crippen molar-refractivity contribution in [1.82, 2.24) is 0 Å². The van der Waals surface area contributed by atoms with Crippen molar-refractivity contribution in [2.75, 3.05) is 6.79 Å². The Labute approximate surface area is 74.8 Å². The van der Waals surface area contributed by atoms with E-state index in [0.29, 0.717) is 5.75 Å². The van der Waals surface area contributed by atoms with Gasteiger partial charge in [-0.1, -0.05) is 6.07 Å². The Morgan fingerprint density at radius 2 is 2.15 bits per heavy atom. The van der Waals surface area contributed by atoms with E-state index in [1.54, 1.807) is 18.2 Å². The number of benzene rings is 1. The highest BCUT2D eigenvalue weighted by Gasteiger charge is 2.11. The molecule has 1 heterocycles. The molecule has 0 saturated carbocycles. The molecule has 1 aromatic rings.